The van der Waals surface area contributed by atoms with E-state index in [1.165, 1.54) is 0 Å². The summed E-state index contributed by atoms with van der Waals surface area (Å²) in [5.41, 5.74) is 0. The predicted octanol–water partition coefficient (Wildman–Crippen LogP) is -14.8. The van der Waals surface area contributed by atoms with Crippen molar-refractivity contribution >= 4 is 45.5 Å². The summed E-state index contributed by atoms with van der Waals surface area (Å²) in [4.78, 5) is 0. The van der Waals surface area contributed by atoms with E-state index >= 15 is 0 Å². The Balaban J connectivity index is -0.0000000590. The fraction of sp³-hybridized carbons (Fsp3) is 0. The molecule has 15 heteroatoms. The van der Waals surface area contributed by atoms with Gasteiger partial charge < -0.3 is 0 Å². The number of hydrogen-bond donors (Lipinski definition) is 0. The molecule has 0 spiro atoms. The first kappa shape index (κ1) is 25.6. The van der Waals surface area contributed by atoms with Crippen molar-refractivity contribution in [3.8, 4) is 0 Å². The Morgan fingerprint density at radius 3 is 0.533 bits per heavy atom. The molecule has 0 atom stereocenters. The van der Waals surface area contributed by atoms with Gasteiger partial charge in [0.05, 0.1) is 0 Å². The Hall–Kier alpha value is 1.75. The van der Waals surface area contributed by atoms with Crippen LogP contribution in [-0.4, -0.2) is 45.5 Å². The van der Waals surface area contributed by atoms with Gasteiger partial charge in [-0.1, -0.05) is 0 Å². The Morgan fingerprint density at radius 1 is 0.533 bits per heavy atom. The topological polar surface area (TPSA) is 254 Å². The van der Waals surface area contributed by atoms with Crippen molar-refractivity contribution < 1.29 is 62.1 Å². The summed E-state index contributed by atoms with van der Waals surface area (Å²) in [5.74, 6) is 0. The molecule has 0 unspecified atom stereocenters. The van der Waals surface area contributed by atoms with E-state index in [9.17, 15) is 0 Å². The van der Waals surface area contributed by atoms with Crippen LogP contribution in [0.3, 0.4) is 0 Å². The van der Waals surface area contributed by atoms with Crippen molar-refractivity contribution in [3.63, 3.8) is 0 Å². The van der Waals surface area contributed by atoms with Gasteiger partial charge in [0.2, 0.25) is 0 Å². The molecule has 99 valence electrons. The van der Waals surface area contributed by atoms with Gasteiger partial charge >= 0.3 is 108 Å². The van der Waals surface area contributed by atoms with Gasteiger partial charge in [-0.15, -0.1) is 0 Å². The Labute approximate surface area is 107 Å². The summed E-state index contributed by atoms with van der Waals surface area (Å²) in [6.45, 7) is 0. The second-order valence-corrected chi connectivity index (χ2v) is 6.36. The fourth-order valence-electron chi connectivity index (χ4n) is 0. The van der Waals surface area contributed by atoms with Crippen molar-refractivity contribution in [2.75, 3.05) is 0 Å². The van der Waals surface area contributed by atoms with Crippen LogP contribution >= 0.6 is 0 Å². The van der Waals surface area contributed by atoms with Crippen molar-refractivity contribution in [1.82, 2.24) is 0 Å². The van der Waals surface area contributed by atoms with Gasteiger partial charge in [-0.25, -0.2) is 0 Å². The molecule has 0 N–H and O–H groups in total. The molecule has 0 aromatic heterocycles. The molecular weight excluding hydrogens is 457 g/mol. The molecule has 0 amide bonds. The Bertz CT molecular complexity index is 85.2. The van der Waals surface area contributed by atoms with Gasteiger partial charge in [-0.2, -0.15) is 0 Å². The molecule has 1 radical (unpaired) electrons. The fourth-order valence-corrected chi connectivity index (χ4v) is 0. The van der Waals surface area contributed by atoms with Gasteiger partial charge in [0.1, 0.15) is 0 Å². The van der Waals surface area contributed by atoms with Crippen LogP contribution in [0.15, 0.2) is 0 Å². The van der Waals surface area contributed by atoms with Crippen molar-refractivity contribution in [1.29, 1.82) is 0 Å². The average Bonchev–Trinajstić information content (AvgIpc) is 1.45. The molecule has 0 fully saturated rings. The van der Waals surface area contributed by atoms with Crippen molar-refractivity contribution in [2.45, 2.75) is 0 Å². The molecule has 0 heterocycles. The van der Waals surface area contributed by atoms with E-state index in [1.54, 1.807) is 0 Å². The normalized spacial score (nSPS) is 12.5. The minimum absolute atomic E-state index is 0. The first-order valence-electron chi connectivity index (χ1n) is 2.18. The first-order valence-corrected chi connectivity index (χ1v) is 11.3. The van der Waals surface area contributed by atoms with Crippen LogP contribution in [0.4, 0.5) is 0 Å². The molecule has 0 saturated carbocycles. The molecule has 0 aromatic rings. The van der Waals surface area contributed by atoms with Gasteiger partial charge in [0.25, 0.3) is 0 Å². The third-order valence-corrected chi connectivity index (χ3v) is 0. The van der Waals surface area contributed by atoms with Gasteiger partial charge in [0, 0.05) is 0 Å². The van der Waals surface area contributed by atoms with Gasteiger partial charge in [-0.3, -0.25) is 0 Å². The quantitative estimate of drug-likeness (QED) is 0.308. The molecule has 11 nitrogen and oxygen atoms in total. The summed E-state index contributed by atoms with van der Waals surface area (Å²) in [6.07, 6.45) is 0. The van der Waals surface area contributed by atoms with E-state index in [0.29, 0.717) is 0 Å². The van der Waals surface area contributed by atoms with E-state index in [4.69, 9.17) is 45.1 Å². The maximum atomic E-state index is 8.62. The maximum absolute atomic E-state index is 8.62. The first-order chi connectivity index (χ1) is 5.73. The van der Waals surface area contributed by atoms with Crippen molar-refractivity contribution in [2.24, 2.45) is 0 Å². The second kappa shape index (κ2) is 12.2. The Morgan fingerprint density at radius 2 is 0.533 bits per heavy atom. The molecule has 0 rings (SSSR count). The summed E-state index contributed by atoms with van der Waals surface area (Å²) < 4.78 is 94.7. The Kier molecular flexibility index (Phi) is 20.8. The zero-order valence-corrected chi connectivity index (χ0v) is 13.5. The molecule has 15 heavy (non-hydrogen) atoms. The van der Waals surface area contributed by atoms with Gasteiger partial charge in [0.15, 0.2) is 0 Å². The van der Waals surface area contributed by atoms with Crippen molar-refractivity contribution in [3.05, 3.63) is 0 Å². The zero-order valence-electron chi connectivity index (χ0n) is 6.29. The summed E-state index contributed by atoms with van der Waals surface area (Å²) in [5, 5.41) is 0. The second-order valence-electron chi connectivity index (χ2n) is 1.22. The SMILES string of the molecule is [Fe+3].[O-][AsH]([O-])([O-])[O-].[O-][AsH]([O-])([O-])[O-].[O-][As]([O-])[O-]. The van der Waals surface area contributed by atoms with Crippen LogP contribution in [0.2, 0.25) is 0 Å². The standard InChI is InChI=1S/2AsHO4.AsO3.Fe/c2*2-1(3,4)5;2-1(3)4;/h2*1H;;/q2*-4;-3;+3. The molecule has 0 bridgehead atoms. The van der Waals surface area contributed by atoms with Crippen LogP contribution in [-0.2, 0) is 17.1 Å². The summed E-state index contributed by atoms with van der Waals surface area (Å²) in [7, 11) is 0. The van der Waals surface area contributed by atoms with Crippen LogP contribution < -0.4 is 45.1 Å². The average molecular weight is 459 g/mol. The number of hydrogen-bond acceptors (Lipinski definition) is 11. The van der Waals surface area contributed by atoms with E-state index in [0.717, 1.165) is 0 Å². The predicted molar refractivity (Wildman–Crippen MR) is 20.1 cm³/mol. The number of rotatable bonds is 0. The van der Waals surface area contributed by atoms with E-state index < -0.39 is 45.5 Å². The molecule has 0 aliphatic rings. The third kappa shape index (κ3) is 968. The molecule has 0 saturated heterocycles. The van der Waals surface area contributed by atoms with Crippen LogP contribution in [0.5, 0.6) is 0 Å². The monoisotopic (exact) mass is 459 g/mol. The van der Waals surface area contributed by atoms with Crippen LogP contribution in [0.25, 0.3) is 0 Å². The van der Waals surface area contributed by atoms with E-state index in [1.807, 2.05) is 0 Å². The van der Waals surface area contributed by atoms with Crippen LogP contribution in [0.1, 0.15) is 0 Å². The van der Waals surface area contributed by atoms with E-state index in [2.05, 4.69) is 0 Å². The summed E-state index contributed by atoms with van der Waals surface area (Å²) >= 11 is -15.9. The van der Waals surface area contributed by atoms with Gasteiger partial charge in [-0.05, 0) is 0 Å². The molecule has 0 aromatic carbocycles. The third-order valence-electron chi connectivity index (χ3n) is 0. The minimum atomic E-state index is -6.00. The molecule has 0 aliphatic heterocycles. The zero-order chi connectivity index (χ0) is 12.6. The van der Waals surface area contributed by atoms with E-state index in [-0.39, 0.29) is 17.1 Å². The van der Waals surface area contributed by atoms with Crippen LogP contribution in [0, 0.1) is 0 Å². The molecule has 0 aliphatic carbocycles. The summed E-state index contributed by atoms with van der Waals surface area (Å²) in [6, 6.07) is 0. The molecular formula is H2As3FeO11-8.